The van der Waals surface area contributed by atoms with E-state index in [1.54, 1.807) is 31.2 Å². The topological polar surface area (TPSA) is 88.9 Å². The van der Waals surface area contributed by atoms with Crippen molar-refractivity contribution in [2.45, 2.75) is 13.0 Å². The summed E-state index contributed by atoms with van der Waals surface area (Å²) in [5.74, 6) is -3.50. The number of carbonyl (C=O) groups excluding carboxylic acids is 2. The van der Waals surface area contributed by atoms with Gasteiger partial charge in [-0.2, -0.15) is 9.90 Å². The molecule has 2 amide bonds. The number of benzene rings is 2. The van der Waals surface area contributed by atoms with E-state index in [1.165, 1.54) is 17.9 Å². The Bertz CT molecular complexity index is 1090. The van der Waals surface area contributed by atoms with Gasteiger partial charge in [-0.3, -0.25) is 9.59 Å². The van der Waals surface area contributed by atoms with Crippen LogP contribution in [0.5, 0.6) is 0 Å². The van der Waals surface area contributed by atoms with Crippen LogP contribution in [0.15, 0.2) is 42.5 Å². The van der Waals surface area contributed by atoms with E-state index in [9.17, 15) is 18.4 Å². The number of rotatable bonds is 5. The van der Waals surface area contributed by atoms with Gasteiger partial charge in [-0.05, 0) is 42.8 Å². The number of likely N-dealkylation sites (N-methyl/N-ethyl adjacent to an activating group) is 1. The van der Waals surface area contributed by atoms with Crippen LogP contribution >= 0.6 is 11.6 Å². The van der Waals surface area contributed by atoms with Crippen LogP contribution in [-0.2, 0) is 4.79 Å². The molecule has 3 aromatic rings. The minimum absolute atomic E-state index is 0.0264. The van der Waals surface area contributed by atoms with E-state index in [-0.39, 0.29) is 11.3 Å². The lowest BCUT2D eigenvalue weighted by Gasteiger charge is -2.17. The molecule has 1 atom stereocenters. The van der Waals surface area contributed by atoms with Crippen molar-refractivity contribution < 1.29 is 18.4 Å². The fraction of sp³-hybridized carbons (Fsp3) is 0.158. The molecule has 3 rings (SSSR count). The lowest BCUT2D eigenvalue weighted by atomic mass is 10.1. The molecule has 0 aliphatic carbocycles. The molecule has 0 bridgehead atoms. The fourth-order valence-corrected chi connectivity index (χ4v) is 2.83. The predicted octanol–water partition coefficient (Wildman–Crippen LogP) is 2.72. The third-order valence-corrected chi connectivity index (χ3v) is 4.33. The molecule has 0 saturated carbocycles. The normalized spacial score (nSPS) is 11.8. The number of hydrogen-bond donors (Lipinski definition) is 2. The van der Waals surface area contributed by atoms with Gasteiger partial charge in [-0.15, -0.1) is 5.10 Å². The van der Waals surface area contributed by atoms with Gasteiger partial charge in [0.05, 0.1) is 11.4 Å². The number of nitrogens with one attached hydrogen (secondary N) is 2. The highest BCUT2D eigenvalue weighted by molar-refractivity contribution is 6.30. The Hall–Kier alpha value is -3.33. The highest BCUT2D eigenvalue weighted by Gasteiger charge is 2.26. The van der Waals surface area contributed by atoms with Crippen molar-refractivity contribution in [2.24, 2.45) is 0 Å². The Balaban J connectivity index is 1.90. The van der Waals surface area contributed by atoms with E-state index in [2.05, 4.69) is 20.8 Å². The molecule has 0 spiro atoms. The summed E-state index contributed by atoms with van der Waals surface area (Å²) in [7, 11) is 1.36. The van der Waals surface area contributed by atoms with Crippen LogP contribution in [0.3, 0.4) is 0 Å². The van der Waals surface area contributed by atoms with Crippen LogP contribution in [0.25, 0.3) is 5.69 Å². The number of hydrogen-bond acceptors (Lipinski definition) is 4. The Labute approximate surface area is 169 Å². The maximum Gasteiger partial charge on any atom is 0.274 e. The lowest BCUT2D eigenvalue weighted by molar-refractivity contribution is -0.122. The zero-order valence-electron chi connectivity index (χ0n) is 15.4. The van der Waals surface area contributed by atoms with Crippen molar-refractivity contribution in [1.82, 2.24) is 25.6 Å². The molecule has 1 aromatic heterocycles. The fourth-order valence-electron chi connectivity index (χ4n) is 2.64. The number of aromatic nitrogens is 3. The van der Waals surface area contributed by atoms with Crippen molar-refractivity contribution in [2.75, 3.05) is 7.05 Å². The van der Waals surface area contributed by atoms with Crippen LogP contribution in [0, 0.1) is 18.6 Å². The van der Waals surface area contributed by atoms with Gasteiger partial charge in [0, 0.05) is 12.1 Å². The van der Waals surface area contributed by atoms with Gasteiger partial charge in [0.25, 0.3) is 5.91 Å². The molecule has 2 aromatic carbocycles. The molecule has 10 heteroatoms. The van der Waals surface area contributed by atoms with E-state index in [0.29, 0.717) is 16.4 Å². The summed E-state index contributed by atoms with van der Waals surface area (Å²) >= 11 is 5.97. The van der Waals surface area contributed by atoms with Crippen molar-refractivity contribution in [3.05, 3.63) is 76.1 Å². The van der Waals surface area contributed by atoms with Crippen LogP contribution in [0.2, 0.25) is 5.02 Å². The third-order valence-electron chi connectivity index (χ3n) is 4.10. The number of halogens is 3. The number of aryl methyl sites for hydroxylation is 1. The van der Waals surface area contributed by atoms with Crippen molar-refractivity contribution in [3.8, 4) is 5.69 Å². The quantitative estimate of drug-likeness (QED) is 0.665. The Morgan fingerprint density at radius 2 is 1.86 bits per heavy atom. The molecule has 150 valence electrons. The maximum atomic E-state index is 13.6. The molecule has 1 unspecified atom stereocenters. The van der Waals surface area contributed by atoms with Gasteiger partial charge in [0.2, 0.25) is 5.91 Å². The Morgan fingerprint density at radius 1 is 1.10 bits per heavy atom. The van der Waals surface area contributed by atoms with Crippen molar-refractivity contribution >= 4 is 23.4 Å². The second-order valence-electron chi connectivity index (χ2n) is 6.10. The van der Waals surface area contributed by atoms with Crippen molar-refractivity contribution in [3.63, 3.8) is 0 Å². The number of nitrogens with zero attached hydrogens (tertiary/aromatic N) is 3. The van der Waals surface area contributed by atoms with E-state index in [4.69, 9.17) is 11.6 Å². The summed E-state index contributed by atoms with van der Waals surface area (Å²) in [5.41, 5.74) is 0.907. The third kappa shape index (κ3) is 4.40. The molecule has 1 heterocycles. The first-order valence-corrected chi connectivity index (χ1v) is 8.85. The van der Waals surface area contributed by atoms with Crippen LogP contribution in [0.4, 0.5) is 8.78 Å². The monoisotopic (exact) mass is 419 g/mol. The Morgan fingerprint density at radius 3 is 2.52 bits per heavy atom. The Kier molecular flexibility index (Phi) is 5.88. The van der Waals surface area contributed by atoms with E-state index >= 15 is 0 Å². The highest BCUT2D eigenvalue weighted by atomic mass is 35.5. The standard InChI is InChI=1S/C19H16ClF2N5O2/c1-10-16(26-27(25-10)13-5-3-4-12(20)9-13)19(29)24-17(18(28)23-2)11-6-7-14(21)15(22)8-11/h3-9,17H,1-2H3,(H,23,28)(H,24,29). The molecular weight excluding hydrogens is 404 g/mol. The summed E-state index contributed by atoms with van der Waals surface area (Å²) in [4.78, 5) is 26.2. The molecule has 0 radical (unpaired) electrons. The van der Waals surface area contributed by atoms with Gasteiger partial charge in [0.15, 0.2) is 17.3 Å². The summed E-state index contributed by atoms with van der Waals surface area (Å²) < 4.78 is 26.8. The average molecular weight is 420 g/mol. The van der Waals surface area contributed by atoms with Gasteiger partial charge < -0.3 is 10.6 Å². The molecular formula is C19H16ClF2N5O2. The van der Waals surface area contributed by atoms with Crippen LogP contribution in [-0.4, -0.2) is 33.9 Å². The van der Waals surface area contributed by atoms with E-state index in [0.717, 1.165) is 12.1 Å². The average Bonchev–Trinajstić information content (AvgIpc) is 3.09. The molecule has 2 N–H and O–H groups in total. The molecule has 29 heavy (non-hydrogen) atoms. The molecule has 0 aliphatic heterocycles. The SMILES string of the molecule is CNC(=O)C(NC(=O)c1nn(-c2cccc(Cl)c2)nc1C)c1ccc(F)c(F)c1. The lowest BCUT2D eigenvalue weighted by Crippen LogP contribution is -2.39. The summed E-state index contributed by atoms with van der Waals surface area (Å²) in [6.07, 6.45) is 0. The van der Waals surface area contributed by atoms with E-state index < -0.39 is 29.5 Å². The minimum atomic E-state index is -1.25. The van der Waals surface area contributed by atoms with Gasteiger partial charge in [-0.25, -0.2) is 8.78 Å². The summed E-state index contributed by atoms with van der Waals surface area (Å²) in [6.45, 7) is 1.58. The minimum Gasteiger partial charge on any atom is -0.357 e. The number of carbonyl (C=O) groups is 2. The second kappa shape index (κ2) is 8.36. The predicted molar refractivity (Wildman–Crippen MR) is 102 cm³/mol. The van der Waals surface area contributed by atoms with Crippen LogP contribution in [0.1, 0.15) is 27.8 Å². The number of amides is 2. The van der Waals surface area contributed by atoms with Crippen molar-refractivity contribution in [1.29, 1.82) is 0 Å². The zero-order valence-corrected chi connectivity index (χ0v) is 16.2. The molecule has 0 fully saturated rings. The van der Waals surface area contributed by atoms with E-state index in [1.807, 2.05) is 0 Å². The van der Waals surface area contributed by atoms with Gasteiger partial charge >= 0.3 is 0 Å². The molecule has 7 nitrogen and oxygen atoms in total. The smallest absolute Gasteiger partial charge is 0.274 e. The maximum absolute atomic E-state index is 13.6. The second-order valence-corrected chi connectivity index (χ2v) is 6.53. The van der Waals surface area contributed by atoms with Gasteiger partial charge in [-0.1, -0.05) is 23.7 Å². The molecule has 0 aliphatic rings. The largest absolute Gasteiger partial charge is 0.357 e. The first-order valence-electron chi connectivity index (χ1n) is 8.47. The summed E-state index contributed by atoms with van der Waals surface area (Å²) in [6, 6.07) is 8.43. The van der Waals surface area contributed by atoms with Crippen LogP contribution < -0.4 is 10.6 Å². The van der Waals surface area contributed by atoms with Gasteiger partial charge in [0.1, 0.15) is 6.04 Å². The summed E-state index contributed by atoms with van der Waals surface area (Å²) in [5, 5.41) is 13.7. The highest BCUT2D eigenvalue weighted by Crippen LogP contribution is 2.19. The zero-order chi connectivity index (χ0) is 21.1. The molecule has 0 saturated heterocycles. The first-order chi connectivity index (χ1) is 13.8. The first kappa shape index (κ1) is 20.4.